The van der Waals surface area contributed by atoms with E-state index in [0.29, 0.717) is 24.8 Å². The third-order valence-electron chi connectivity index (χ3n) is 5.32. The van der Waals surface area contributed by atoms with Crippen LogP contribution in [-0.2, 0) is 0 Å². The number of carbonyl (C=O) groups is 1. The molecule has 1 aliphatic rings. The SMILES string of the molecule is Cc1ncc(C#CCCCCCl)cc1OC[C@@]1(C(C)(C)C)CCN1C(=O)O. The maximum Gasteiger partial charge on any atom is 0.407 e. The number of likely N-dealkylation sites (tertiary alicyclic amines) is 1. The van der Waals surface area contributed by atoms with Crippen LogP contribution in [0.4, 0.5) is 4.79 Å². The van der Waals surface area contributed by atoms with E-state index in [-0.39, 0.29) is 5.41 Å². The van der Waals surface area contributed by atoms with Crippen molar-refractivity contribution in [3.8, 4) is 17.6 Å². The number of unbranched alkanes of at least 4 members (excludes halogenated alkanes) is 2. The van der Waals surface area contributed by atoms with Gasteiger partial charge in [-0.05, 0) is 37.7 Å². The van der Waals surface area contributed by atoms with Crippen LogP contribution in [-0.4, -0.2) is 45.7 Å². The molecule has 1 N–H and O–H groups in total. The van der Waals surface area contributed by atoms with Gasteiger partial charge in [-0.15, -0.1) is 11.6 Å². The molecule has 0 bridgehead atoms. The Morgan fingerprint density at radius 2 is 2.19 bits per heavy atom. The highest BCUT2D eigenvalue weighted by Gasteiger charge is 2.56. The van der Waals surface area contributed by atoms with E-state index in [4.69, 9.17) is 16.3 Å². The molecule has 1 saturated heterocycles. The highest BCUT2D eigenvalue weighted by Crippen LogP contribution is 2.45. The van der Waals surface area contributed by atoms with Crippen molar-refractivity contribution >= 4 is 17.7 Å². The molecular formula is C21H29ClN2O3. The number of halogens is 1. The highest BCUT2D eigenvalue weighted by atomic mass is 35.5. The number of carboxylic acid groups (broad SMARTS) is 1. The maximum absolute atomic E-state index is 11.6. The van der Waals surface area contributed by atoms with Gasteiger partial charge in [-0.25, -0.2) is 4.79 Å². The zero-order valence-corrected chi connectivity index (χ0v) is 17.4. The predicted octanol–water partition coefficient (Wildman–Crippen LogP) is 4.70. The summed E-state index contributed by atoms with van der Waals surface area (Å²) in [4.78, 5) is 17.5. The largest absolute Gasteiger partial charge is 0.489 e. The standard InChI is InChI=1S/C21H29ClN2O3/c1-16-18(13-17(14-23-16)9-7-5-6-8-11-22)27-15-21(20(2,3)4)10-12-24(21)19(25)26/h13-14H,5-6,8,10-12,15H2,1-4H3,(H,25,26)/t21-/m1/s1. The van der Waals surface area contributed by atoms with Gasteiger partial charge in [0.05, 0.1) is 11.2 Å². The molecule has 1 fully saturated rings. The molecule has 1 amide bonds. The average Bonchev–Trinajstić information content (AvgIpc) is 2.54. The molecule has 0 spiro atoms. The Morgan fingerprint density at radius 1 is 1.44 bits per heavy atom. The van der Waals surface area contributed by atoms with Crippen LogP contribution in [0.2, 0.25) is 0 Å². The van der Waals surface area contributed by atoms with Crippen LogP contribution in [0.25, 0.3) is 0 Å². The van der Waals surface area contributed by atoms with Crippen LogP contribution in [0, 0.1) is 24.2 Å². The first-order valence-corrected chi connectivity index (χ1v) is 9.89. The Labute approximate surface area is 167 Å². The molecule has 1 aromatic rings. The van der Waals surface area contributed by atoms with Crippen molar-refractivity contribution in [1.29, 1.82) is 0 Å². The van der Waals surface area contributed by atoms with Gasteiger partial charge < -0.3 is 9.84 Å². The van der Waals surface area contributed by atoms with Gasteiger partial charge in [-0.2, -0.15) is 0 Å². The van der Waals surface area contributed by atoms with Gasteiger partial charge in [0, 0.05) is 30.6 Å². The number of rotatable bonds is 6. The molecule has 2 heterocycles. The fourth-order valence-electron chi connectivity index (χ4n) is 3.32. The quantitative estimate of drug-likeness (QED) is 0.433. The molecule has 2 rings (SSSR count). The number of pyridine rings is 1. The summed E-state index contributed by atoms with van der Waals surface area (Å²) in [7, 11) is 0. The van der Waals surface area contributed by atoms with Gasteiger partial charge in [-0.3, -0.25) is 9.88 Å². The zero-order valence-electron chi connectivity index (χ0n) is 16.6. The zero-order chi connectivity index (χ0) is 20.1. The molecule has 1 aromatic heterocycles. The molecule has 6 heteroatoms. The van der Waals surface area contributed by atoms with E-state index < -0.39 is 11.6 Å². The lowest BCUT2D eigenvalue weighted by molar-refractivity contribution is -0.0962. The molecule has 27 heavy (non-hydrogen) atoms. The summed E-state index contributed by atoms with van der Waals surface area (Å²) in [5.74, 6) is 7.56. The number of aryl methyl sites for hydroxylation is 1. The number of alkyl halides is 1. The number of aromatic nitrogens is 1. The predicted molar refractivity (Wildman–Crippen MR) is 107 cm³/mol. The first-order chi connectivity index (χ1) is 12.7. The molecule has 0 aromatic carbocycles. The summed E-state index contributed by atoms with van der Waals surface area (Å²) in [6.07, 6.45) is 4.38. The molecule has 0 saturated carbocycles. The van der Waals surface area contributed by atoms with Gasteiger partial charge in [0.25, 0.3) is 0 Å². The van der Waals surface area contributed by atoms with Crippen molar-refractivity contribution in [2.24, 2.45) is 5.41 Å². The fraction of sp³-hybridized carbons (Fsp3) is 0.619. The van der Waals surface area contributed by atoms with E-state index in [1.54, 1.807) is 6.20 Å². The molecule has 148 valence electrons. The Balaban J connectivity index is 2.12. The maximum atomic E-state index is 11.6. The second kappa shape index (κ2) is 8.84. The summed E-state index contributed by atoms with van der Waals surface area (Å²) in [5, 5.41) is 9.52. The monoisotopic (exact) mass is 392 g/mol. The first-order valence-electron chi connectivity index (χ1n) is 9.36. The number of hydrogen-bond donors (Lipinski definition) is 1. The van der Waals surface area contributed by atoms with Gasteiger partial charge in [0.1, 0.15) is 12.4 Å². The van der Waals surface area contributed by atoms with E-state index >= 15 is 0 Å². The second-order valence-electron chi connectivity index (χ2n) is 8.01. The minimum atomic E-state index is -0.897. The van der Waals surface area contributed by atoms with Crippen molar-refractivity contribution < 1.29 is 14.6 Å². The Bertz CT molecular complexity index is 733. The van der Waals surface area contributed by atoms with Crippen LogP contribution in [0.3, 0.4) is 0 Å². The summed E-state index contributed by atoms with van der Waals surface area (Å²) >= 11 is 5.67. The van der Waals surface area contributed by atoms with E-state index in [1.807, 2.05) is 13.0 Å². The molecule has 5 nitrogen and oxygen atoms in total. The smallest absolute Gasteiger partial charge is 0.407 e. The van der Waals surface area contributed by atoms with Gasteiger partial charge in [0.2, 0.25) is 0 Å². The molecule has 0 radical (unpaired) electrons. The number of ether oxygens (including phenoxy) is 1. The summed E-state index contributed by atoms with van der Waals surface area (Å²) < 4.78 is 6.08. The summed E-state index contributed by atoms with van der Waals surface area (Å²) in [6.45, 7) is 8.89. The lowest BCUT2D eigenvalue weighted by Gasteiger charge is -2.58. The highest BCUT2D eigenvalue weighted by molar-refractivity contribution is 6.17. The van der Waals surface area contributed by atoms with Gasteiger partial charge in [0.15, 0.2) is 0 Å². The number of amides is 1. The second-order valence-corrected chi connectivity index (χ2v) is 8.39. The number of nitrogens with zero attached hydrogens (tertiary/aromatic N) is 2. The minimum Gasteiger partial charge on any atom is -0.489 e. The summed E-state index contributed by atoms with van der Waals surface area (Å²) in [5.41, 5.74) is 0.808. The van der Waals surface area contributed by atoms with Gasteiger partial charge >= 0.3 is 6.09 Å². The third-order valence-corrected chi connectivity index (χ3v) is 5.58. The van der Waals surface area contributed by atoms with Crippen molar-refractivity contribution in [1.82, 2.24) is 9.88 Å². The number of hydrogen-bond acceptors (Lipinski definition) is 3. The topological polar surface area (TPSA) is 62.7 Å². The third kappa shape index (κ3) is 4.87. The average molecular weight is 393 g/mol. The molecular weight excluding hydrogens is 364 g/mol. The molecule has 0 aliphatic carbocycles. The van der Waals surface area contributed by atoms with Crippen molar-refractivity contribution in [2.45, 2.75) is 58.9 Å². The van der Waals surface area contributed by atoms with Crippen LogP contribution in [0.1, 0.15) is 57.7 Å². The summed E-state index contributed by atoms with van der Waals surface area (Å²) in [6, 6.07) is 1.89. The van der Waals surface area contributed by atoms with Gasteiger partial charge in [-0.1, -0.05) is 32.6 Å². The Morgan fingerprint density at radius 3 is 2.74 bits per heavy atom. The normalized spacial score (nSPS) is 19.1. The Hall–Kier alpha value is -1.93. The van der Waals surface area contributed by atoms with Crippen LogP contribution < -0.4 is 4.74 Å². The lowest BCUT2D eigenvalue weighted by atomic mass is 9.66. The van der Waals surface area contributed by atoms with Crippen molar-refractivity contribution in [3.63, 3.8) is 0 Å². The first kappa shape index (κ1) is 21.4. The molecule has 1 aliphatic heterocycles. The van der Waals surface area contributed by atoms with Crippen LogP contribution in [0.5, 0.6) is 5.75 Å². The van der Waals surface area contributed by atoms with Crippen LogP contribution in [0.15, 0.2) is 12.3 Å². The molecule has 0 unspecified atom stereocenters. The fourth-order valence-corrected chi connectivity index (χ4v) is 3.50. The van der Waals surface area contributed by atoms with Crippen LogP contribution >= 0.6 is 11.6 Å². The molecule has 1 atom stereocenters. The lowest BCUT2D eigenvalue weighted by Crippen LogP contribution is -2.70. The van der Waals surface area contributed by atoms with Crippen molar-refractivity contribution in [3.05, 3.63) is 23.5 Å². The van der Waals surface area contributed by atoms with E-state index in [0.717, 1.165) is 36.9 Å². The Kier molecular flexibility index (Phi) is 7.00. The van der Waals surface area contributed by atoms with E-state index in [9.17, 15) is 9.90 Å². The van der Waals surface area contributed by atoms with E-state index in [1.165, 1.54) is 4.90 Å². The van der Waals surface area contributed by atoms with Crippen molar-refractivity contribution in [2.75, 3.05) is 19.0 Å². The minimum absolute atomic E-state index is 0.231. The van der Waals surface area contributed by atoms with E-state index in [2.05, 4.69) is 37.6 Å².